The van der Waals surface area contributed by atoms with E-state index in [1.165, 1.54) is 24.8 Å². The summed E-state index contributed by atoms with van der Waals surface area (Å²) < 4.78 is 0. The first-order chi connectivity index (χ1) is 10.0. The minimum absolute atomic E-state index is 0.152. The molecule has 1 aromatic heterocycles. The molecule has 0 bridgehead atoms. The Morgan fingerprint density at radius 3 is 2.57 bits per heavy atom. The summed E-state index contributed by atoms with van der Waals surface area (Å²) >= 11 is 0. The highest BCUT2D eigenvalue weighted by Crippen LogP contribution is 2.24. The highest BCUT2D eigenvalue weighted by molar-refractivity contribution is 5.75. The summed E-state index contributed by atoms with van der Waals surface area (Å²) in [7, 11) is 0. The maximum atomic E-state index is 11.3. The van der Waals surface area contributed by atoms with Gasteiger partial charge in [-0.15, -0.1) is 0 Å². The van der Waals surface area contributed by atoms with Crippen LogP contribution in [0.5, 0.6) is 0 Å². The number of hydrogen-bond donors (Lipinski definition) is 3. The summed E-state index contributed by atoms with van der Waals surface area (Å²) in [4.78, 5) is 16.9. The lowest BCUT2D eigenvalue weighted by Crippen LogP contribution is -2.52. The van der Waals surface area contributed by atoms with Gasteiger partial charge in [0.15, 0.2) is 0 Å². The summed E-state index contributed by atoms with van der Waals surface area (Å²) in [5.41, 5.74) is 6.39. The molecule has 1 aliphatic rings. The van der Waals surface area contributed by atoms with Gasteiger partial charge in [-0.2, -0.15) is 0 Å². The molecule has 2 heterocycles. The zero-order valence-electron chi connectivity index (χ0n) is 12.9. The number of nitrogens with zero attached hydrogens (tertiary/aromatic N) is 1. The van der Waals surface area contributed by atoms with Crippen LogP contribution in [-0.4, -0.2) is 27.1 Å². The van der Waals surface area contributed by atoms with Crippen molar-refractivity contribution in [1.82, 2.24) is 20.4 Å². The Hall–Kier alpha value is -1.59. The fraction of sp³-hybridized carbons (Fsp3) is 0.562. The van der Waals surface area contributed by atoms with E-state index in [-0.39, 0.29) is 11.7 Å². The van der Waals surface area contributed by atoms with Gasteiger partial charge in [0, 0.05) is 18.1 Å². The first-order valence-electron chi connectivity index (χ1n) is 7.81. The molecule has 0 saturated carbocycles. The molecule has 3 N–H and O–H groups in total. The van der Waals surface area contributed by atoms with Gasteiger partial charge in [0.25, 0.3) is 0 Å². The van der Waals surface area contributed by atoms with Crippen LogP contribution in [0.4, 0.5) is 0 Å². The summed E-state index contributed by atoms with van der Waals surface area (Å²) in [6, 6.07) is 7.42. The summed E-state index contributed by atoms with van der Waals surface area (Å²) in [5.74, 6) is 0. The first-order valence-corrected chi connectivity index (χ1v) is 7.81. The van der Waals surface area contributed by atoms with Crippen LogP contribution in [0.25, 0.3) is 11.0 Å². The van der Waals surface area contributed by atoms with Gasteiger partial charge in [0.2, 0.25) is 0 Å². The van der Waals surface area contributed by atoms with Gasteiger partial charge in [-0.25, -0.2) is 15.2 Å². The minimum Gasteiger partial charge on any atom is -0.306 e. The van der Waals surface area contributed by atoms with Crippen LogP contribution >= 0.6 is 0 Å². The van der Waals surface area contributed by atoms with Crippen LogP contribution in [0, 0.1) is 0 Å². The molecule has 3 unspecified atom stereocenters. The number of aromatic nitrogens is 2. The number of hydrazine groups is 1. The molecule has 0 aliphatic carbocycles. The third kappa shape index (κ3) is 2.89. The van der Waals surface area contributed by atoms with Crippen molar-refractivity contribution in [3.63, 3.8) is 0 Å². The average Bonchev–Trinajstić information content (AvgIpc) is 2.81. The van der Waals surface area contributed by atoms with Gasteiger partial charge in [0.05, 0.1) is 11.0 Å². The highest BCUT2D eigenvalue weighted by Gasteiger charge is 2.26. The third-order valence-corrected chi connectivity index (χ3v) is 4.58. The maximum absolute atomic E-state index is 11.3. The van der Waals surface area contributed by atoms with Crippen molar-refractivity contribution >= 4 is 11.0 Å². The van der Waals surface area contributed by atoms with Crippen LogP contribution in [0.1, 0.15) is 51.6 Å². The molecule has 0 spiro atoms. The quantitative estimate of drug-likeness (QED) is 0.813. The van der Waals surface area contributed by atoms with Gasteiger partial charge < -0.3 is 9.97 Å². The zero-order valence-corrected chi connectivity index (χ0v) is 12.9. The second-order valence-electron chi connectivity index (χ2n) is 6.27. The van der Waals surface area contributed by atoms with Gasteiger partial charge in [-0.1, -0.05) is 12.5 Å². The molecule has 0 amide bonds. The van der Waals surface area contributed by atoms with Crippen molar-refractivity contribution in [3.8, 4) is 0 Å². The highest BCUT2D eigenvalue weighted by atomic mass is 16.1. The number of piperidine rings is 1. The molecular formula is C16H24N4O. The number of imidazole rings is 1. The van der Waals surface area contributed by atoms with Crippen molar-refractivity contribution in [2.45, 2.75) is 58.2 Å². The van der Waals surface area contributed by atoms with Gasteiger partial charge in [0.1, 0.15) is 0 Å². The number of fused-ring (bicyclic) bond motifs is 1. The second kappa shape index (κ2) is 5.66. The Kier molecular flexibility index (Phi) is 3.87. The smallest absolute Gasteiger partial charge is 0.306 e. The number of hydrogen-bond acceptors (Lipinski definition) is 3. The molecule has 1 aromatic carbocycles. The minimum atomic E-state index is -0.152. The lowest BCUT2D eigenvalue weighted by atomic mass is 9.99. The fourth-order valence-electron chi connectivity index (χ4n) is 3.29. The van der Waals surface area contributed by atoms with E-state index in [9.17, 15) is 4.79 Å². The summed E-state index contributed by atoms with van der Waals surface area (Å²) in [6.45, 7) is 6.73. The first kappa shape index (κ1) is 14.4. The number of nitrogens with one attached hydrogen (secondary N) is 3. The van der Waals surface area contributed by atoms with E-state index >= 15 is 0 Å². The Balaban J connectivity index is 1.79. The molecule has 1 saturated heterocycles. The van der Waals surface area contributed by atoms with Crippen LogP contribution < -0.4 is 11.1 Å². The van der Waals surface area contributed by atoms with Crippen LogP contribution in [-0.2, 0) is 0 Å². The maximum Gasteiger partial charge on any atom is 0.323 e. The van der Waals surface area contributed by atoms with Gasteiger partial charge in [-0.3, -0.25) is 0 Å². The fourth-order valence-corrected chi connectivity index (χ4v) is 3.29. The molecule has 3 rings (SSSR count). The van der Waals surface area contributed by atoms with Crippen LogP contribution in [0.2, 0.25) is 0 Å². The van der Waals surface area contributed by atoms with E-state index in [1.807, 2.05) is 12.1 Å². The molecule has 1 fully saturated rings. The van der Waals surface area contributed by atoms with E-state index in [4.69, 9.17) is 0 Å². The molecule has 2 aromatic rings. The number of rotatable bonds is 3. The predicted octanol–water partition coefficient (Wildman–Crippen LogP) is 2.68. The van der Waals surface area contributed by atoms with Crippen LogP contribution in [0.3, 0.4) is 0 Å². The number of aromatic amines is 2. The van der Waals surface area contributed by atoms with Gasteiger partial charge >= 0.3 is 5.69 Å². The summed E-state index contributed by atoms with van der Waals surface area (Å²) in [6.07, 6.45) is 3.80. The molecule has 114 valence electrons. The molecule has 5 heteroatoms. The molecule has 3 atom stereocenters. The zero-order chi connectivity index (χ0) is 15.0. The number of H-pyrrole nitrogens is 2. The Morgan fingerprint density at radius 2 is 1.86 bits per heavy atom. The SMILES string of the molecule is CC(NN1C(C)CCCC1C)c1ccc2[nH]c(=O)[nH]c2c1. The molecule has 21 heavy (non-hydrogen) atoms. The van der Waals surface area contributed by atoms with Crippen molar-refractivity contribution in [2.24, 2.45) is 0 Å². The van der Waals surface area contributed by atoms with E-state index in [1.54, 1.807) is 0 Å². The number of benzene rings is 1. The monoisotopic (exact) mass is 288 g/mol. The van der Waals surface area contributed by atoms with Crippen molar-refractivity contribution in [2.75, 3.05) is 0 Å². The summed E-state index contributed by atoms with van der Waals surface area (Å²) in [5, 5.41) is 2.39. The van der Waals surface area contributed by atoms with Crippen molar-refractivity contribution in [1.29, 1.82) is 0 Å². The second-order valence-corrected chi connectivity index (χ2v) is 6.27. The van der Waals surface area contributed by atoms with Crippen molar-refractivity contribution < 1.29 is 0 Å². The Bertz CT molecular complexity index is 664. The van der Waals surface area contributed by atoms with Crippen molar-refractivity contribution in [3.05, 3.63) is 34.2 Å². The molecule has 5 nitrogen and oxygen atoms in total. The largest absolute Gasteiger partial charge is 0.323 e. The van der Waals surface area contributed by atoms with Crippen LogP contribution in [0.15, 0.2) is 23.0 Å². The molecule has 0 radical (unpaired) electrons. The topological polar surface area (TPSA) is 63.9 Å². The lowest BCUT2D eigenvalue weighted by molar-refractivity contribution is 0.0320. The molecule has 1 aliphatic heterocycles. The van der Waals surface area contributed by atoms with E-state index in [0.717, 1.165) is 11.0 Å². The standard InChI is InChI=1S/C16H24N4O/c1-10-5-4-6-11(2)20(10)19-12(3)13-7-8-14-15(9-13)18-16(21)17-14/h7-12,19H,4-6H2,1-3H3,(H2,17,18,21). The molecular weight excluding hydrogens is 264 g/mol. The predicted molar refractivity (Wildman–Crippen MR) is 85.1 cm³/mol. The lowest BCUT2D eigenvalue weighted by Gasteiger charge is -2.41. The Labute approximate surface area is 124 Å². The average molecular weight is 288 g/mol. The normalized spacial score (nSPS) is 25.3. The van der Waals surface area contributed by atoms with E-state index < -0.39 is 0 Å². The van der Waals surface area contributed by atoms with Gasteiger partial charge in [-0.05, 0) is 51.3 Å². The van der Waals surface area contributed by atoms with E-state index in [2.05, 4.69) is 47.2 Å². The van der Waals surface area contributed by atoms with E-state index in [0.29, 0.717) is 12.1 Å². The third-order valence-electron chi connectivity index (χ3n) is 4.58. The Morgan fingerprint density at radius 1 is 1.19 bits per heavy atom.